The highest BCUT2D eigenvalue weighted by Gasteiger charge is 2.23. The molecule has 1 aromatic carbocycles. The van der Waals surface area contributed by atoms with Crippen LogP contribution in [-0.4, -0.2) is 51.2 Å². The zero-order valence-electron chi connectivity index (χ0n) is 17.5. The van der Waals surface area contributed by atoms with Crippen molar-refractivity contribution in [1.29, 1.82) is 0 Å². The Morgan fingerprint density at radius 1 is 1.18 bits per heavy atom. The Hall–Kier alpha value is -2.88. The summed E-state index contributed by atoms with van der Waals surface area (Å²) in [6.07, 6.45) is -2.44. The van der Waals surface area contributed by atoms with E-state index in [4.69, 9.17) is 16.2 Å². The average Bonchev–Trinajstić information content (AvgIpc) is 3.08. The van der Waals surface area contributed by atoms with Crippen LogP contribution in [0.2, 0.25) is 0 Å². The third-order valence-electron chi connectivity index (χ3n) is 4.34. The molecule has 34 heavy (non-hydrogen) atoms. The quantitative estimate of drug-likeness (QED) is 0.224. The van der Waals surface area contributed by atoms with E-state index in [1.54, 1.807) is 0 Å². The van der Waals surface area contributed by atoms with Crippen LogP contribution in [-0.2, 0) is 11.4 Å². The van der Waals surface area contributed by atoms with E-state index in [0.29, 0.717) is 11.5 Å². The molecule has 0 aliphatic rings. The lowest BCUT2D eigenvalue weighted by Crippen LogP contribution is -2.32. The second-order valence-corrected chi connectivity index (χ2v) is 8.77. The summed E-state index contributed by atoms with van der Waals surface area (Å²) >= 11 is 3.63. The van der Waals surface area contributed by atoms with E-state index >= 15 is 0 Å². The van der Waals surface area contributed by atoms with Crippen LogP contribution >= 0.6 is 27.5 Å². The van der Waals surface area contributed by atoms with Crippen LogP contribution in [0.25, 0.3) is 0 Å². The van der Waals surface area contributed by atoms with Crippen molar-refractivity contribution >= 4 is 50.3 Å². The van der Waals surface area contributed by atoms with Crippen LogP contribution < -0.4 is 26.8 Å². The lowest BCUT2D eigenvalue weighted by atomic mass is 10.1. The third-order valence-corrected chi connectivity index (χ3v) is 5.54. The van der Waals surface area contributed by atoms with Gasteiger partial charge in [0.25, 0.3) is 5.91 Å². The maximum absolute atomic E-state index is 14.0. The molecule has 1 aromatic heterocycles. The summed E-state index contributed by atoms with van der Waals surface area (Å²) in [4.78, 5) is 34.7. The summed E-state index contributed by atoms with van der Waals surface area (Å²) < 4.78 is 37.3. The number of benzene rings is 1. The summed E-state index contributed by atoms with van der Waals surface area (Å²) in [6, 6.07) is 1.34. The standard InChI is InChI=1S/C19H22BrF2N5O6S/c20-8-3-12(21)11(13(22)4-8)7-33-17-15(16(24)31)18(34-27-17)26-19(32)25-2-1-9(28)5-10(29)6-14(23)30/h3-4,9-10,28-29H,1-2,5-7H2,(H2,23,30)(H2,24,31)(H2,25,26,32). The lowest BCUT2D eigenvalue weighted by molar-refractivity contribution is -0.120. The van der Waals surface area contributed by atoms with Gasteiger partial charge in [-0.2, -0.15) is 4.37 Å². The Balaban J connectivity index is 1.93. The van der Waals surface area contributed by atoms with Gasteiger partial charge in [0.2, 0.25) is 11.8 Å². The van der Waals surface area contributed by atoms with E-state index in [1.165, 1.54) is 0 Å². The molecule has 2 aromatic rings. The molecule has 0 saturated carbocycles. The van der Waals surface area contributed by atoms with Gasteiger partial charge in [-0.15, -0.1) is 0 Å². The SMILES string of the molecule is NC(=O)CC(O)CC(O)CCNC(=O)Nc1snc(OCc2c(F)cc(Br)cc2F)c1C(N)=O. The Kier molecular flexibility index (Phi) is 10.1. The van der Waals surface area contributed by atoms with Gasteiger partial charge in [0, 0.05) is 11.0 Å². The first-order valence-electron chi connectivity index (χ1n) is 9.72. The van der Waals surface area contributed by atoms with Gasteiger partial charge >= 0.3 is 6.03 Å². The average molecular weight is 566 g/mol. The van der Waals surface area contributed by atoms with Gasteiger partial charge in [-0.3, -0.25) is 14.9 Å². The molecule has 1 heterocycles. The first-order valence-corrected chi connectivity index (χ1v) is 11.3. The van der Waals surface area contributed by atoms with Crippen LogP contribution in [0.4, 0.5) is 18.6 Å². The molecule has 15 heteroatoms. The molecule has 2 atom stereocenters. The molecule has 0 aliphatic heterocycles. The third kappa shape index (κ3) is 8.16. The minimum Gasteiger partial charge on any atom is -0.471 e. The van der Waals surface area contributed by atoms with Gasteiger partial charge < -0.3 is 31.7 Å². The van der Waals surface area contributed by atoms with Gasteiger partial charge in [0.15, 0.2) is 0 Å². The summed E-state index contributed by atoms with van der Waals surface area (Å²) in [7, 11) is 0. The predicted molar refractivity (Wildman–Crippen MR) is 121 cm³/mol. The van der Waals surface area contributed by atoms with E-state index in [9.17, 15) is 33.4 Å². The van der Waals surface area contributed by atoms with Crippen molar-refractivity contribution in [3.05, 3.63) is 39.4 Å². The molecule has 0 spiro atoms. The molecule has 11 nitrogen and oxygen atoms in total. The van der Waals surface area contributed by atoms with Crippen molar-refractivity contribution in [3.8, 4) is 5.88 Å². The second-order valence-electron chi connectivity index (χ2n) is 7.08. The number of hydrogen-bond acceptors (Lipinski definition) is 8. The number of ether oxygens (including phenoxy) is 1. The van der Waals surface area contributed by atoms with Crippen molar-refractivity contribution in [3.63, 3.8) is 0 Å². The number of halogens is 3. The minimum atomic E-state index is -1.10. The fourth-order valence-electron chi connectivity index (χ4n) is 2.77. The van der Waals surface area contributed by atoms with Crippen molar-refractivity contribution in [1.82, 2.24) is 9.69 Å². The molecule has 0 radical (unpaired) electrons. The van der Waals surface area contributed by atoms with E-state index in [0.717, 1.165) is 12.1 Å². The Bertz CT molecular complexity index is 1030. The van der Waals surface area contributed by atoms with Gasteiger partial charge in [0.05, 0.1) is 24.2 Å². The number of anilines is 1. The number of carbonyl (C=O) groups excluding carboxylic acids is 3. The molecule has 2 unspecified atom stereocenters. The van der Waals surface area contributed by atoms with Crippen LogP contribution in [0.1, 0.15) is 35.2 Å². The number of amides is 4. The first kappa shape index (κ1) is 27.4. The number of carbonyl (C=O) groups is 3. The van der Waals surface area contributed by atoms with E-state index in [-0.39, 0.29) is 46.7 Å². The van der Waals surface area contributed by atoms with Gasteiger partial charge in [0.1, 0.15) is 28.8 Å². The van der Waals surface area contributed by atoms with E-state index < -0.39 is 53.9 Å². The number of nitrogens with one attached hydrogen (secondary N) is 2. The molecule has 4 amide bonds. The number of hydrogen-bond donors (Lipinski definition) is 6. The maximum atomic E-state index is 14.0. The molecule has 186 valence electrons. The number of rotatable bonds is 12. The topological polar surface area (TPSA) is 190 Å². The second kappa shape index (κ2) is 12.5. The number of aliphatic hydroxyl groups is 2. The summed E-state index contributed by atoms with van der Waals surface area (Å²) in [5.74, 6) is -3.75. The monoisotopic (exact) mass is 565 g/mol. The summed E-state index contributed by atoms with van der Waals surface area (Å²) in [5.41, 5.74) is 9.62. The van der Waals surface area contributed by atoms with E-state index in [1.807, 2.05) is 0 Å². The van der Waals surface area contributed by atoms with Gasteiger partial charge in [-0.05, 0) is 36.5 Å². The van der Waals surface area contributed by atoms with E-state index in [2.05, 4.69) is 30.9 Å². The highest BCUT2D eigenvalue weighted by molar-refractivity contribution is 9.10. The Labute approximate surface area is 204 Å². The zero-order valence-corrected chi connectivity index (χ0v) is 19.9. The highest BCUT2D eigenvalue weighted by atomic mass is 79.9. The van der Waals surface area contributed by atoms with Gasteiger partial charge in [-0.1, -0.05) is 15.9 Å². The first-order chi connectivity index (χ1) is 16.0. The van der Waals surface area contributed by atoms with Crippen LogP contribution in [0.5, 0.6) is 5.88 Å². The van der Waals surface area contributed by atoms with Crippen LogP contribution in [0.3, 0.4) is 0 Å². The van der Waals surface area contributed by atoms with Crippen molar-refractivity contribution in [2.45, 2.75) is 38.1 Å². The number of aliphatic hydroxyl groups excluding tert-OH is 2. The van der Waals surface area contributed by atoms with Crippen LogP contribution in [0.15, 0.2) is 16.6 Å². The lowest BCUT2D eigenvalue weighted by Gasteiger charge is -2.15. The molecule has 2 rings (SSSR count). The van der Waals surface area contributed by atoms with Crippen molar-refractivity contribution in [2.75, 3.05) is 11.9 Å². The molecular formula is C19H22BrF2N5O6S. The number of urea groups is 1. The molecule has 0 saturated heterocycles. The smallest absolute Gasteiger partial charge is 0.319 e. The fourth-order valence-corrected chi connectivity index (χ4v) is 3.91. The summed E-state index contributed by atoms with van der Waals surface area (Å²) in [6.45, 7) is -0.591. The fraction of sp³-hybridized carbons (Fsp3) is 0.368. The normalized spacial score (nSPS) is 12.6. The molecule has 0 fully saturated rings. The molecule has 0 bridgehead atoms. The van der Waals surface area contributed by atoms with Crippen molar-refractivity contribution in [2.24, 2.45) is 11.5 Å². The van der Waals surface area contributed by atoms with Crippen molar-refractivity contribution < 1.29 is 38.1 Å². The van der Waals surface area contributed by atoms with Gasteiger partial charge in [-0.25, -0.2) is 13.6 Å². The Morgan fingerprint density at radius 2 is 1.82 bits per heavy atom. The largest absolute Gasteiger partial charge is 0.471 e. The Morgan fingerprint density at radius 3 is 2.41 bits per heavy atom. The number of nitrogens with zero attached hydrogens (tertiary/aromatic N) is 1. The number of nitrogens with two attached hydrogens (primary N) is 2. The number of aromatic nitrogens is 1. The zero-order chi connectivity index (χ0) is 25.4. The summed E-state index contributed by atoms with van der Waals surface area (Å²) in [5, 5.41) is 24.1. The van der Waals surface area contributed by atoms with Crippen LogP contribution in [0, 0.1) is 11.6 Å². The maximum Gasteiger partial charge on any atom is 0.319 e. The highest BCUT2D eigenvalue weighted by Crippen LogP contribution is 2.31. The molecule has 0 aliphatic carbocycles. The predicted octanol–water partition coefficient (Wildman–Crippen LogP) is 1.36. The molecular weight excluding hydrogens is 544 g/mol. The number of primary amides is 2. The molecule has 8 N–H and O–H groups in total. The minimum absolute atomic E-state index is 0.00746.